The van der Waals surface area contributed by atoms with Gasteiger partial charge in [0.25, 0.3) is 0 Å². The van der Waals surface area contributed by atoms with E-state index in [0.29, 0.717) is 17.4 Å². The van der Waals surface area contributed by atoms with Crippen LogP contribution in [0, 0.1) is 35.0 Å². The number of ether oxygens (including phenoxy) is 3. The average molecular weight is 443 g/mol. The first kappa shape index (κ1) is 24.8. The molecule has 1 aromatic rings. The highest BCUT2D eigenvalue weighted by atomic mass is 16.7. The summed E-state index contributed by atoms with van der Waals surface area (Å²) in [5.74, 6) is 6.53. The number of hydrogen-bond acceptors (Lipinski definition) is 5. The number of fused-ring (bicyclic) bond motifs is 1. The zero-order valence-electron chi connectivity index (χ0n) is 20.1. The number of rotatable bonds is 7. The summed E-state index contributed by atoms with van der Waals surface area (Å²) in [4.78, 5) is 12.7. The summed E-state index contributed by atoms with van der Waals surface area (Å²) in [6, 6.07) is 9.22. The molecule has 2 saturated carbocycles. The molecule has 2 fully saturated rings. The van der Waals surface area contributed by atoms with Crippen LogP contribution in [0.15, 0.2) is 30.3 Å². The Bertz CT molecular complexity index is 823. The molecule has 0 amide bonds. The molecule has 0 radical (unpaired) electrons. The third kappa shape index (κ3) is 5.54. The van der Waals surface area contributed by atoms with Crippen LogP contribution in [0.5, 0.6) is 0 Å². The van der Waals surface area contributed by atoms with Crippen LogP contribution < -0.4 is 0 Å². The van der Waals surface area contributed by atoms with Crippen molar-refractivity contribution >= 4 is 5.97 Å². The average Bonchev–Trinajstić information content (AvgIpc) is 3.14. The number of aliphatic hydroxyl groups excluding tert-OH is 1. The van der Waals surface area contributed by atoms with E-state index in [1.54, 1.807) is 19.2 Å². The molecule has 2 aliphatic rings. The molecular weight excluding hydrogens is 404 g/mol. The second-order valence-corrected chi connectivity index (χ2v) is 10.1. The maximum Gasteiger partial charge on any atom is 0.338 e. The Hall–Kier alpha value is -1.87. The van der Waals surface area contributed by atoms with Crippen LogP contribution in [-0.2, 0) is 14.2 Å². The summed E-state index contributed by atoms with van der Waals surface area (Å²) >= 11 is 0. The fourth-order valence-electron chi connectivity index (χ4n) is 5.79. The number of carbonyl (C=O) groups excluding carboxylic acids is 1. The van der Waals surface area contributed by atoms with Crippen molar-refractivity contribution in [3.8, 4) is 11.8 Å². The zero-order valence-corrected chi connectivity index (χ0v) is 20.1. The smallest absolute Gasteiger partial charge is 0.338 e. The van der Waals surface area contributed by atoms with Gasteiger partial charge in [0.05, 0.1) is 5.56 Å². The normalized spacial score (nSPS) is 29.4. The second-order valence-electron chi connectivity index (χ2n) is 10.1. The Morgan fingerprint density at radius 2 is 1.97 bits per heavy atom. The standard InChI is InChI=1S/C27H38O5/c1-19(23(28)15-17-26(2,3)31-18-30-5)21-13-14-22-24(12-9-16-27(21,22)4)32-25(29)20-10-7-6-8-11-20/h6-8,10-11,19,21-24,28H,9,12-14,16,18H2,1-5H3/t19-,21+,22-,23-,24-,27+/m0/s1. The van der Waals surface area contributed by atoms with E-state index >= 15 is 0 Å². The van der Waals surface area contributed by atoms with Crippen LogP contribution in [0.2, 0.25) is 0 Å². The number of aliphatic hydroxyl groups is 1. The highest BCUT2D eigenvalue weighted by Crippen LogP contribution is 2.58. The zero-order chi connectivity index (χ0) is 23.4. The molecule has 3 rings (SSSR count). The minimum absolute atomic E-state index is 0.0271. The molecule has 5 nitrogen and oxygen atoms in total. The fourth-order valence-corrected chi connectivity index (χ4v) is 5.79. The van der Waals surface area contributed by atoms with Crippen molar-refractivity contribution in [1.82, 2.24) is 0 Å². The summed E-state index contributed by atoms with van der Waals surface area (Å²) < 4.78 is 16.6. The number of hydrogen-bond donors (Lipinski definition) is 1. The summed E-state index contributed by atoms with van der Waals surface area (Å²) in [7, 11) is 1.58. The van der Waals surface area contributed by atoms with Gasteiger partial charge in [0, 0.05) is 13.0 Å². The lowest BCUT2D eigenvalue weighted by atomic mass is 9.61. The van der Waals surface area contributed by atoms with E-state index in [1.807, 2.05) is 32.0 Å². The number of benzene rings is 1. The maximum atomic E-state index is 12.7. The van der Waals surface area contributed by atoms with Crippen LogP contribution in [0.1, 0.15) is 70.2 Å². The molecule has 0 bridgehead atoms. The minimum Gasteiger partial charge on any atom is -0.458 e. The first-order valence-electron chi connectivity index (χ1n) is 11.8. The fraction of sp³-hybridized carbons (Fsp3) is 0.667. The van der Waals surface area contributed by atoms with E-state index in [0.717, 1.165) is 32.1 Å². The van der Waals surface area contributed by atoms with Gasteiger partial charge >= 0.3 is 5.97 Å². The van der Waals surface area contributed by atoms with Crippen LogP contribution in [0.25, 0.3) is 0 Å². The molecule has 6 atom stereocenters. The van der Waals surface area contributed by atoms with Gasteiger partial charge in [-0.3, -0.25) is 0 Å². The predicted octanol–water partition coefficient (Wildman–Crippen LogP) is 4.83. The summed E-state index contributed by atoms with van der Waals surface area (Å²) in [5.41, 5.74) is -0.0450. The van der Waals surface area contributed by atoms with Gasteiger partial charge in [0.2, 0.25) is 0 Å². The number of methoxy groups -OCH3 is 1. The highest BCUT2D eigenvalue weighted by molar-refractivity contribution is 5.89. The van der Waals surface area contributed by atoms with Gasteiger partial charge in [-0.25, -0.2) is 4.79 Å². The van der Waals surface area contributed by atoms with Gasteiger partial charge in [-0.15, -0.1) is 0 Å². The SMILES string of the molecule is COCOC(C)(C)C#C[C@H](O)[C@@H](C)[C@H]1CC[C@H]2[C@@H](OC(=O)c3ccccc3)CCC[C@]12C. The van der Waals surface area contributed by atoms with Gasteiger partial charge in [0.15, 0.2) is 0 Å². The molecule has 2 aliphatic carbocycles. The van der Waals surface area contributed by atoms with E-state index in [9.17, 15) is 9.90 Å². The first-order valence-corrected chi connectivity index (χ1v) is 11.8. The van der Waals surface area contributed by atoms with E-state index in [4.69, 9.17) is 14.2 Å². The van der Waals surface area contributed by atoms with Crippen molar-refractivity contribution in [1.29, 1.82) is 0 Å². The molecule has 0 saturated heterocycles. The highest BCUT2D eigenvalue weighted by Gasteiger charge is 2.54. The van der Waals surface area contributed by atoms with Crippen LogP contribution in [0.3, 0.4) is 0 Å². The molecule has 0 unspecified atom stereocenters. The van der Waals surface area contributed by atoms with Crippen LogP contribution >= 0.6 is 0 Å². The Labute approximate surface area is 192 Å². The van der Waals surface area contributed by atoms with Crippen molar-refractivity contribution in [2.45, 2.75) is 77.6 Å². The number of esters is 1. The Kier molecular flexibility index (Phi) is 8.03. The molecule has 5 heteroatoms. The van der Waals surface area contributed by atoms with Crippen molar-refractivity contribution in [3.63, 3.8) is 0 Å². The molecule has 0 spiro atoms. The predicted molar refractivity (Wildman–Crippen MR) is 124 cm³/mol. The van der Waals surface area contributed by atoms with Crippen molar-refractivity contribution in [3.05, 3.63) is 35.9 Å². The lowest BCUT2D eigenvalue weighted by Crippen LogP contribution is -2.44. The van der Waals surface area contributed by atoms with Gasteiger partial charge in [-0.1, -0.05) is 43.9 Å². The Morgan fingerprint density at radius 1 is 1.25 bits per heavy atom. The summed E-state index contributed by atoms with van der Waals surface area (Å²) in [6.45, 7) is 8.32. The van der Waals surface area contributed by atoms with Gasteiger partial charge < -0.3 is 19.3 Å². The van der Waals surface area contributed by atoms with Gasteiger partial charge in [0.1, 0.15) is 24.6 Å². The Morgan fingerprint density at radius 3 is 2.66 bits per heavy atom. The minimum atomic E-state index is -0.728. The molecule has 176 valence electrons. The maximum absolute atomic E-state index is 12.7. The molecular formula is C27H38O5. The first-order chi connectivity index (χ1) is 15.2. The molecule has 32 heavy (non-hydrogen) atoms. The second kappa shape index (κ2) is 10.4. The Balaban J connectivity index is 1.68. The number of carbonyl (C=O) groups is 1. The van der Waals surface area contributed by atoms with E-state index in [1.165, 1.54) is 0 Å². The molecule has 1 N–H and O–H groups in total. The lowest BCUT2D eigenvalue weighted by Gasteiger charge is -2.46. The van der Waals surface area contributed by atoms with Crippen molar-refractivity contribution in [2.75, 3.05) is 13.9 Å². The summed E-state index contributed by atoms with van der Waals surface area (Å²) in [6.07, 6.45) is 4.27. The molecule has 1 aromatic carbocycles. The van der Waals surface area contributed by atoms with E-state index in [2.05, 4.69) is 25.7 Å². The molecule has 0 heterocycles. The van der Waals surface area contributed by atoms with Crippen molar-refractivity contribution < 1.29 is 24.1 Å². The third-order valence-corrected chi connectivity index (χ3v) is 7.59. The molecule has 0 aromatic heterocycles. The van der Waals surface area contributed by atoms with Crippen LogP contribution in [0.4, 0.5) is 0 Å². The van der Waals surface area contributed by atoms with Crippen LogP contribution in [-0.4, -0.2) is 42.8 Å². The van der Waals surface area contributed by atoms with Gasteiger partial charge in [-0.2, -0.15) is 0 Å². The summed E-state index contributed by atoms with van der Waals surface area (Å²) in [5, 5.41) is 10.9. The largest absolute Gasteiger partial charge is 0.458 e. The van der Waals surface area contributed by atoms with E-state index in [-0.39, 0.29) is 30.2 Å². The monoisotopic (exact) mass is 442 g/mol. The molecule has 0 aliphatic heterocycles. The van der Waals surface area contributed by atoms with Crippen molar-refractivity contribution in [2.24, 2.45) is 23.2 Å². The lowest BCUT2D eigenvalue weighted by molar-refractivity contribution is -0.0879. The third-order valence-electron chi connectivity index (χ3n) is 7.59. The topological polar surface area (TPSA) is 65.0 Å². The quantitative estimate of drug-likeness (QED) is 0.372. The van der Waals surface area contributed by atoms with Gasteiger partial charge in [-0.05, 0) is 75.3 Å². The van der Waals surface area contributed by atoms with E-state index < -0.39 is 11.7 Å².